The maximum atomic E-state index is 11.6. The van der Waals surface area contributed by atoms with Crippen molar-refractivity contribution in [1.29, 1.82) is 0 Å². The van der Waals surface area contributed by atoms with Crippen molar-refractivity contribution in [3.63, 3.8) is 0 Å². The minimum absolute atomic E-state index is 0.0354. The van der Waals surface area contributed by atoms with Gasteiger partial charge in [-0.2, -0.15) is 0 Å². The Morgan fingerprint density at radius 2 is 1.56 bits per heavy atom. The Balaban J connectivity index is 4.05. The molecule has 0 aromatic heterocycles. The van der Waals surface area contributed by atoms with Gasteiger partial charge in [-0.05, 0) is 25.7 Å². The van der Waals surface area contributed by atoms with Crippen LogP contribution in [0.15, 0.2) is 0 Å². The number of carbonyl (C=O) groups is 2. The van der Waals surface area contributed by atoms with Gasteiger partial charge in [0.2, 0.25) is 5.91 Å². The molecule has 0 aliphatic rings. The number of carboxylic acid groups (broad SMARTS) is 1. The average molecular weight is 229 g/mol. The lowest BCUT2D eigenvalue weighted by molar-refractivity contribution is -0.137. The maximum Gasteiger partial charge on any atom is 0.303 e. The number of nitrogens with one attached hydrogen (secondary N) is 1. The summed E-state index contributed by atoms with van der Waals surface area (Å²) >= 11 is 0. The van der Waals surface area contributed by atoms with Crippen LogP contribution < -0.4 is 5.32 Å². The van der Waals surface area contributed by atoms with Gasteiger partial charge < -0.3 is 10.4 Å². The molecule has 0 radical (unpaired) electrons. The fourth-order valence-corrected chi connectivity index (χ4v) is 1.77. The zero-order chi connectivity index (χ0) is 12.6. The first kappa shape index (κ1) is 14.9. The standard InChI is InChI=1S/C12H23NO3/c1-4-12(5-2,6-3)13-10(14)8-7-9-11(15)16/h4-9H2,1-3H3,(H,13,14)(H,15,16). The second kappa shape index (κ2) is 7.25. The Bertz CT molecular complexity index is 226. The Morgan fingerprint density at radius 3 is 1.94 bits per heavy atom. The molecule has 94 valence electrons. The number of hydrogen-bond acceptors (Lipinski definition) is 2. The van der Waals surface area contributed by atoms with Crippen LogP contribution in [0.2, 0.25) is 0 Å². The van der Waals surface area contributed by atoms with Gasteiger partial charge in [-0.15, -0.1) is 0 Å². The molecule has 0 aromatic rings. The van der Waals surface area contributed by atoms with Gasteiger partial charge in [0.25, 0.3) is 0 Å². The van der Waals surface area contributed by atoms with Crippen molar-refractivity contribution < 1.29 is 14.7 Å². The predicted octanol–water partition coefficient (Wildman–Crippen LogP) is 2.33. The zero-order valence-electron chi connectivity index (χ0n) is 10.5. The van der Waals surface area contributed by atoms with Gasteiger partial charge in [-0.1, -0.05) is 20.8 Å². The highest BCUT2D eigenvalue weighted by Crippen LogP contribution is 2.19. The summed E-state index contributed by atoms with van der Waals surface area (Å²) in [6.07, 6.45) is 3.49. The largest absolute Gasteiger partial charge is 0.481 e. The lowest BCUT2D eigenvalue weighted by atomic mass is 9.89. The third-order valence-corrected chi connectivity index (χ3v) is 3.23. The fourth-order valence-electron chi connectivity index (χ4n) is 1.77. The van der Waals surface area contributed by atoms with Gasteiger partial charge >= 0.3 is 5.97 Å². The summed E-state index contributed by atoms with van der Waals surface area (Å²) in [7, 11) is 0. The molecule has 0 fully saturated rings. The lowest BCUT2D eigenvalue weighted by Gasteiger charge is -2.31. The highest BCUT2D eigenvalue weighted by molar-refractivity contribution is 5.77. The zero-order valence-corrected chi connectivity index (χ0v) is 10.5. The van der Waals surface area contributed by atoms with Crippen LogP contribution in [0.4, 0.5) is 0 Å². The van der Waals surface area contributed by atoms with Gasteiger partial charge in [0, 0.05) is 18.4 Å². The normalized spacial score (nSPS) is 11.2. The van der Waals surface area contributed by atoms with Crippen molar-refractivity contribution in [2.24, 2.45) is 0 Å². The van der Waals surface area contributed by atoms with E-state index in [9.17, 15) is 9.59 Å². The highest BCUT2D eigenvalue weighted by atomic mass is 16.4. The molecule has 0 saturated carbocycles. The summed E-state index contributed by atoms with van der Waals surface area (Å²) in [6, 6.07) is 0. The van der Waals surface area contributed by atoms with Gasteiger partial charge in [0.1, 0.15) is 0 Å². The topological polar surface area (TPSA) is 66.4 Å². The van der Waals surface area contributed by atoms with E-state index in [1.165, 1.54) is 0 Å². The minimum Gasteiger partial charge on any atom is -0.481 e. The van der Waals surface area contributed by atoms with Crippen molar-refractivity contribution in [1.82, 2.24) is 5.32 Å². The van der Waals surface area contributed by atoms with Crippen LogP contribution in [0.5, 0.6) is 0 Å². The number of amides is 1. The molecule has 16 heavy (non-hydrogen) atoms. The molecule has 0 saturated heterocycles. The Hall–Kier alpha value is -1.06. The van der Waals surface area contributed by atoms with E-state index in [0.29, 0.717) is 12.8 Å². The molecule has 0 spiro atoms. The molecule has 2 N–H and O–H groups in total. The summed E-state index contributed by atoms with van der Waals surface area (Å²) in [5.41, 5.74) is -0.111. The first-order valence-corrected chi connectivity index (χ1v) is 6.02. The van der Waals surface area contributed by atoms with Crippen molar-refractivity contribution >= 4 is 11.9 Å². The number of carboxylic acids is 1. The SMILES string of the molecule is CCC(CC)(CC)NC(=O)CCCC(=O)O. The van der Waals surface area contributed by atoms with Gasteiger partial charge in [0.05, 0.1) is 0 Å². The first-order valence-electron chi connectivity index (χ1n) is 6.02. The molecule has 0 aliphatic carbocycles. The quantitative estimate of drug-likeness (QED) is 0.671. The van der Waals surface area contributed by atoms with Crippen molar-refractivity contribution in [2.75, 3.05) is 0 Å². The molecule has 0 aromatic carbocycles. The van der Waals surface area contributed by atoms with Crippen LogP contribution in [0.3, 0.4) is 0 Å². The Morgan fingerprint density at radius 1 is 1.06 bits per heavy atom. The van der Waals surface area contributed by atoms with Crippen molar-refractivity contribution in [3.8, 4) is 0 Å². The third kappa shape index (κ3) is 5.14. The molecular weight excluding hydrogens is 206 g/mol. The van der Waals surface area contributed by atoms with Crippen molar-refractivity contribution in [3.05, 3.63) is 0 Å². The van der Waals surface area contributed by atoms with Gasteiger partial charge in [-0.3, -0.25) is 9.59 Å². The van der Waals surface area contributed by atoms with Crippen LogP contribution in [-0.2, 0) is 9.59 Å². The van der Waals surface area contributed by atoms with Crippen LogP contribution in [0.1, 0.15) is 59.3 Å². The second-order valence-electron chi connectivity index (χ2n) is 4.14. The molecule has 4 nitrogen and oxygen atoms in total. The summed E-state index contributed by atoms with van der Waals surface area (Å²) < 4.78 is 0. The Kier molecular flexibility index (Phi) is 6.77. The average Bonchev–Trinajstić information content (AvgIpc) is 2.25. The molecule has 1 amide bonds. The first-order chi connectivity index (χ1) is 7.49. The van der Waals surface area contributed by atoms with Crippen LogP contribution in [-0.4, -0.2) is 22.5 Å². The van der Waals surface area contributed by atoms with E-state index in [-0.39, 0.29) is 17.9 Å². The van der Waals surface area contributed by atoms with E-state index in [0.717, 1.165) is 19.3 Å². The summed E-state index contributed by atoms with van der Waals surface area (Å²) in [5, 5.41) is 11.5. The second-order valence-corrected chi connectivity index (χ2v) is 4.14. The van der Waals surface area contributed by atoms with E-state index in [1.807, 2.05) is 0 Å². The molecule has 0 heterocycles. The number of rotatable bonds is 8. The van der Waals surface area contributed by atoms with E-state index >= 15 is 0 Å². The summed E-state index contributed by atoms with van der Waals surface area (Å²) in [5.74, 6) is -0.882. The molecule has 4 heteroatoms. The van der Waals surface area contributed by atoms with Crippen LogP contribution in [0, 0.1) is 0 Å². The monoisotopic (exact) mass is 229 g/mol. The van der Waals surface area contributed by atoms with Crippen LogP contribution in [0.25, 0.3) is 0 Å². The summed E-state index contributed by atoms with van der Waals surface area (Å²) in [6.45, 7) is 6.18. The van der Waals surface area contributed by atoms with Gasteiger partial charge in [0.15, 0.2) is 0 Å². The molecule has 0 rings (SSSR count). The van der Waals surface area contributed by atoms with Gasteiger partial charge in [-0.25, -0.2) is 0 Å². The Labute approximate surface area is 97.4 Å². The maximum absolute atomic E-state index is 11.6. The predicted molar refractivity (Wildman–Crippen MR) is 63.2 cm³/mol. The van der Waals surface area contributed by atoms with E-state index in [1.54, 1.807) is 0 Å². The smallest absolute Gasteiger partial charge is 0.303 e. The highest BCUT2D eigenvalue weighted by Gasteiger charge is 2.25. The van der Waals surface area contributed by atoms with E-state index < -0.39 is 5.97 Å². The fraction of sp³-hybridized carbons (Fsp3) is 0.833. The molecule has 0 bridgehead atoms. The molecule has 0 unspecified atom stereocenters. The lowest BCUT2D eigenvalue weighted by Crippen LogP contribution is -2.47. The molecule has 0 atom stereocenters. The van der Waals surface area contributed by atoms with E-state index in [4.69, 9.17) is 5.11 Å². The van der Waals surface area contributed by atoms with Crippen molar-refractivity contribution in [2.45, 2.75) is 64.8 Å². The number of hydrogen-bond donors (Lipinski definition) is 2. The molecule has 0 aliphatic heterocycles. The number of aliphatic carboxylic acids is 1. The number of carbonyl (C=O) groups excluding carboxylic acids is 1. The molecular formula is C12H23NO3. The third-order valence-electron chi connectivity index (χ3n) is 3.23. The summed E-state index contributed by atoms with van der Waals surface area (Å²) in [4.78, 5) is 21.9. The van der Waals surface area contributed by atoms with Crippen LogP contribution >= 0.6 is 0 Å². The minimum atomic E-state index is -0.847. The van der Waals surface area contributed by atoms with E-state index in [2.05, 4.69) is 26.1 Å².